The Kier molecular flexibility index (Phi) is 4.55. The molecular formula is C16H22N2O2. The minimum Gasteiger partial charge on any atom is -0.312 e. The monoisotopic (exact) mass is 274 g/mol. The second-order valence-electron chi connectivity index (χ2n) is 5.61. The van der Waals surface area contributed by atoms with E-state index in [1.807, 2.05) is 45.2 Å². The molecule has 1 unspecified atom stereocenters. The predicted molar refractivity (Wildman–Crippen MR) is 78.1 cm³/mol. The molecule has 1 aromatic carbocycles. The zero-order valence-corrected chi connectivity index (χ0v) is 12.3. The van der Waals surface area contributed by atoms with E-state index in [0.29, 0.717) is 19.4 Å². The lowest BCUT2D eigenvalue weighted by atomic mass is 9.95. The Morgan fingerprint density at radius 2 is 1.85 bits per heavy atom. The van der Waals surface area contributed by atoms with Gasteiger partial charge in [0.05, 0.1) is 6.04 Å². The van der Waals surface area contributed by atoms with Gasteiger partial charge in [-0.2, -0.15) is 0 Å². The van der Waals surface area contributed by atoms with Gasteiger partial charge in [-0.25, -0.2) is 0 Å². The number of rotatable bonds is 4. The zero-order chi connectivity index (χ0) is 14.7. The van der Waals surface area contributed by atoms with E-state index in [2.05, 4.69) is 5.32 Å². The van der Waals surface area contributed by atoms with Crippen LogP contribution >= 0.6 is 0 Å². The van der Waals surface area contributed by atoms with Gasteiger partial charge >= 0.3 is 0 Å². The van der Waals surface area contributed by atoms with E-state index < -0.39 is 0 Å². The smallest absolute Gasteiger partial charge is 0.229 e. The summed E-state index contributed by atoms with van der Waals surface area (Å²) in [5, 5.41) is 3.21. The molecule has 1 heterocycles. The number of imide groups is 1. The van der Waals surface area contributed by atoms with Crippen molar-refractivity contribution in [2.45, 2.75) is 32.7 Å². The maximum absolute atomic E-state index is 12.1. The molecule has 0 aliphatic carbocycles. The van der Waals surface area contributed by atoms with E-state index >= 15 is 0 Å². The van der Waals surface area contributed by atoms with Crippen LogP contribution in [0.1, 0.15) is 36.9 Å². The molecular weight excluding hydrogens is 252 g/mol. The van der Waals surface area contributed by atoms with Crippen LogP contribution < -0.4 is 5.32 Å². The number of likely N-dealkylation sites (N-methyl/N-ethyl adjacent to an activating group) is 1. The number of likely N-dealkylation sites (tertiary alicyclic amines) is 1. The lowest BCUT2D eigenvalue weighted by Gasteiger charge is -2.31. The summed E-state index contributed by atoms with van der Waals surface area (Å²) in [5.74, 6) is 0.0583. The maximum atomic E-state index is 12.1. The molecule has 1 aliphatic heterocycles. The second kappa shape index (κ2) is 6.18. The van der Waals surface area contributed by atoms with Crippen molar-refractivity contribution in [1.82, 2.24) is 10.2 Å². The highest BCUT2D eigenvalue weighted by atomic mass is 16.2. The van der Waals surface area contributed by atoms with Gasteiger partial charge in [-0.05, 0) is 31.0 Å². The van der Waals surface area contributed by atoms with Gasteiger partial charge in [0.2, 0.25) is 11.8 Å². The summed E-state index contributed by atoms with van der Waals surface area (Å²) < 4.78 is 0. The van der Waals surface area contributed by atoms with Crippen LogP contribution in [0, 0.1) is 12.8 Å². The Morgan fingerprint density at radius 1 is 1.25 bits per heavy atom. The molecule has 1 atom stereocenters. The third-order valence-electron chi connectivity index (χ3n) is 3.93. The molecule has 1 aromatic rings. The molecule has 20 heavy (non-hydrogen) atoms. The van der Waals surface area contributed by atoms with Gasteiger partial charge in [-0.1, -0.05) is 31.2 Å². The van der Waals surface area contributed by atoms with Gasteiger partial charge in [-0.3, -0.25) is 14.5 Å². The fourth-order valence-electron chi connectivity index (χ4n) is 2.74. The SMILES string of the molecule is CNC(CN1C(=O)CC(C)CC1=O)c1ccccc1C. The summed E-state index contributed by atoms with van der Waals surface area (Å²) >= 11 is 0. The summed E-state index contributed by atoms with van der Waals surface area (Å²) in [4.78, 5) is 25.5. The number of carbonyl (C=O) groups is 2. The summed E-state index contributed by atoms with van der Waals surface area (Å²) in [7, 11) is 1.86. The number of nitrogens with one attached hydrogen (secondary N) is 1. The van der Waals surface area contributed by atoms with Crippen LogP contribution in [0.2, 0.25) is 0 Å². The number of benzene rings is 1. The summed E-state index contributed by atoms with van der Waals surface area (Å²) in [6, 6.07) is 8.04. The van der Waals surface area contributed by atoms with Gasteiger partial charge < -0.3 is 5.32 Å². The van der Waals surface area contributed by atoms with Crippen LogP contribution in [0.25, 0.3) is 0 Å². The Morgan fingerprint density at radius 3 is 2.40 bits per heavy atom. The minimum atomic E-state index is -0.0532. The molecule has 0 bridgehead atoms. The Hall–Kier alpha value is -1.68. The molecule has 4 heteroatoms. The first-order valence-corrected chi connectivity index (χ1v) is 7.09. The van der Waals surface area contributed by atoms with Crippen molar-refractivity contribution in [3.05, 3.63) is 35.4 Å². The van der Waals surface area contributed by atoms with Gasteiger partial charge in [0.15, 0.2) is 0 Å². The van der Waals surface area contributed by atoms with E-state index in [1.54, 1.807) is 0 Å². The molecule has 4 nitrogen and oxygen atoms in total. The van der Waals surface area contributed by atoms with Gasteiger partial charge in [0, 0.05) is 19.4 Å². The fourth-order valence-corrected chi connectivity index (χ4v) is 2.74. The lowest BCUT2D eigenvalue weighted by Crippen LogP contribution is -2.46. The Bertz CT molecular complexity index is 495. The normalized spacial score (nSPS) is 18.4. The third-order valence-corrected chi connectivity index (χ3v) is 3.93. The van der Waals surface area contributed by atoms with Crippen molar-refractivity contribution in [3.8, 4) is 0 Å². The average Bonchev–Trinajstić information content (AvgIpc) is 2.39. The molecule has 1 N–H and O–H groups in total. The number of amides is 2. The van der Waals surface area contributed by atoms with E-state index in [0.717, 1.165) is 11.1 Å². The molecule has 1 fully saturated rings. The van der Waals surface area contributed by atoms with E-state index in [-0.39, 0.29) is 23.8 Å². The Balaban J connectivity index is 2.16. The van der Waals surface area contributed by atoms with Crippen LogP contribution in [0.15, 0.2) is 24.3 Å². The first-order chi connectivity index (χ1) is 9.52. The van der Waals surface area contributed by atoms with Crippen LogP contribution in [0.4, 0.5) is 0 Å². The van der Waals surface area contributed by atoms with Crippen molar-refractivity contribution in [2.75, 3.05) is 13.6 Å². The second-order valence-corrected chi connectivity index (χ2v) is 5.61. The topological polar surface area (TPSA) is 49.4 Å². The summed E-state index contributed by atoms with van der Waals surface area (Å²) in [5.41, 5.74) is 2.30. The highest BCUT2D eigenvalue weighted by Crippen LogP contribution is 2.23. The standard InChI is InChI=1S/C16H22N2O2/c1-11-8-15(19)18(16(20)9-11)10-14(17-3)13-7-5-4-6-12(13)2/h4-7,11,14,17H,8-10H2,1-3H3. The quantitative estimate of drug-likeness (QED) is 0.855. The van der Waals surface area contributed by atoms with Crippen molar-refractivity contribution in [2.24, 2.45) is 5.92 Å². The van der Waals surface area contributed by atoms with Crippen LogP contribution in [-0.4, -0.2) is 30.3 Å². The van der Waals surface area contributed by atoms with Crippen molar-refractivity contribution in [1.29, 1.82) is 0 Å². The number of carbonyl (C=O) groups excluding carboxylic acids is 2. The molecule has 2 rings (SSSR count). The highest BCUT2D eigenvalue weighted by Gasteiger charge is 2.32. The Labute approximate surface area is 120 Å². The van der Waals surface area contributed by atoms with Crippen LogP contribution in [-0.2, 0) is 9.59 Å². The zero-order valence-electron chi connectivity index (χ0n) is 12.3. The minimum absolute atomic E-state index is 0.0162. The van der Waals surface area contributed by atoms with Gasteiger partial charge in [0.25, 0.3) is 0 Å². The molecule has 0 saturated carbocycles. The molecule has 0 spiro atoms. The summed E-state index contributed by atoms with van der Waals surface area (Å²) in [6.07, 6.45) is 0.936. The van der Waals surface area contributed by atoms with Gasteiger partial charge in [0.1, 0.15) is 0 Å². The molecule has 1 aliphatic rings. The van der Waals surface area contributed by atoms with Crippen molar-refractivity contribution >= 4 is 11.8 Å². The van der Waals surface area contributed by atoms with Crippen molar-refractivity contribution < 1.29 is 9.59 Å². The number of piperidine rings is 1. The highest BCUT2D eigenvalue weighted by molar-refractivity contribution is 5.97. The number of hydrogen-bond donors (Lipinski definition) is 1. The van der Waals surface area contributed by atoms with Crippen LogP contribution in [0.3, 0.4) is 0 Å². The number of aryl methyl sites for hydroxylation is 1. The molecule has 1 saturated heterocycles. The first kappa shape index (κ1) is 14.7. The fraction of sp³-hybridized carbons (Fsp3) is 0.500. The van der Waals surface area contributed by atoms with E-state index in [4.69, 9.17) is 0 Å². The molecule has 108 valence electrons. The van der Waals surface area contributed by atoms with Crippen LogP contribution in [0.5, 0.6) is 0 Å². The summed E-state index contributed by atoms with van der Waals surface area (Å²) in [6.45, 7) is 4.40. The number of nitrogens with zero attached hydrogens (tertiary/aromatic N) is 1. The lowest BCUT2D eigenvalue weighted by molar-refractivity contribution is -0.150. The first-order valence-electron chi connectivity index (χ1n) is 7.09. The van der Waals surface area contributed by atoms with Crippen molar-refractivity contribution in [3.63, 3.8) is 0 Å². The molecule has 0 radical (unpaired) electrons. The largest absolute Gasteiger partial charge is 0.312 e. The predicted octanol–water partition coefficient (Wildman–Crippen LogP) is 2.04. The molecule has 2 amide bonds. The van der Waals surface area contributed by atoms with Gasteiger partial charge in [-0.15, -0.1) is 0 Å². The third kappa shape index (κ3) is 3.07. The average molecular weight is 274 g/mol. The molecule has 0 aromatic heterocycles. The number of hydrogen-bond acceptors (Lipinski definition) is 3. The van der Waals surface area contributed by atoms with E-state index in [1.165, 1.54) is 4.90 Å². The van der Waals surface area contributed by atoms with E-state index in [9.17, 15) is 9.59 Å². The maximum Gasteiger partial charge on any atom is 0.229 e.